The van der Waals surface area contributed by atoms with Crippen molar-refractivity contribution in [2.24, 2.45) is 0 Å². The van der Waals surface area contributed by atoms with Crippen molar-refractivity contribution in [2.45, 2.75) is 70.1 Å². The number of amides is 2. The van der Waals surface area contributed by atoms with E-state index >= 15 is 0 Å². The van der Waals surface area contributed by atoms with Gasteiger partial charge >= 0.3 is 0 Å². The van der Waals surface area contributed by atoms with Crippen molar-refractivity contribution in [2.75, 3.05) is 18.5 Å². The second-order valence-corrected chi connectivity index (χ2v) is 8.67. The Hall–Kier alpha value is -2.74. The van der Waals surface area contributed by atoms with Crippen molar-refractivity contribution in [3.63, 3.8) is 0 Å². The van der Waals surface area contributed by atoms with E-state index in [2.05, 4.69) is 20.1 Å². The van der Waals surface area contributed by atoms with E-state index in [0.717, 1.165) is 63.1 Å². The fraction of sp³-hybridized carbons (Fsp3) is 0.565. The van der Waals surface area contributed by atoms with Crippen LogP contribution in [0.5, 0.6) is 0 Å². The molecule has 2 aromatic rings. The van der Waals surface area contributed by atoms with Crippen LogP contribution in [-0.2, 0) is 22.5 Å². The lowest BCUT2D eigenvalue weighted by molar-refractivity contribution is -0.124. The summed E-state index contributed by atoms with van der Waals surface area (Å²) in [5.74, 6) is 1.80. The summed E-state index contributed by atoms with van der Waals surface area (Å²) in [6, 6.07) is 7.14. The second kappa shape index (κ2) is 8.78. The van der Waals surface area contributed by atoms with Crippen LogP contribution in [0.4, 0.5) is 5.69 Å². The normalized spacial score (nSPS) is 23.4. The van der Waals surface area contributed by atoms with Gasteiger partial charge in [0.15, 0.2) is 5.82 Å². The molecule has 4 heterocycles. The Bertz CT molecular complexity index is 966. The van der Waals surface area contributed by atoms with E-state index in [4.69, 9.17) is 4.74 Å². The average molecular weight is 424 g/mol. The minimum atomic E-state index is -0.398. The molecule has 5 rings (SSSR count). The standard InChI is InChI=1S/C23H29N5O3/c29-22(19-10-6-14-31-19)24-17-8-4-7-16(15-17)23(30)27-13-5-9-18(27)21-26-25-20-11-2-1-3-12-28(20)21/h4,7-8,15,18-19H,1-3,5-6,9-14H2,(H,24,29). The van der Waals surface area contributed by atoms with E-state index in [1.165, 1.54) is 6.42 Å². The number of carbonyl (C=O) groups excluding carboxylic acids is 2. The van der Waals surface area contributed by atoms with Crippen LogP contribution in [0.2, 0.25) is 0 Å². The van der Waals surface area contributed by atoms with Crippen molar-refractivity contribution < 1.29 is 14.3 Å². The monoisotopic (exact) mass is 423 g/mol. The molecule has 2 fully saturated rings. The lowest BCUT2D eigenvalue weighted by Crippen LogP contribution is -2.32. The highest BCUT2D eigenvalue weighted by molar-refractivity contribution is 5.98. The first-order valence-electron chi connectivity index (χ1n) is 11.5. The van der Waals surface area contributed by atoms with E-state index in [1.54, 1.807) is 6.07 Å². The number of aryl methyl sites for hydroxylation is 1. The topological polar surface area (TPSA) is 89.4 Å². The lowest BCUT2D eigenvalue weighted by Gasteiger charge is -2.25. The molecule has 2 amide bonds. The van der Waals surface area contributed by atoms with Gasteiger partial charge in [-0.05, 0) is 56.7 Å². The van der Waals surface area contributed by atoms with E-state index < -0.39 is 6.10 Å². The molecule has 0 radical (unpaired) electrons. The third kappa shape index (κ3) is 4.08. The summed E-state index contributed by atoms with van der Waals surface area (Å²) in [6.07, 6.45) is 7.54. The highest BCUT2D eigenvalue weighted by atomic mass is 16.5. The first-order valence-corrected chi connectivity index (χ1v) is 11.5. The van der Waals surface area contributed by atoms with Crippen molar-refractivity contribution >= 4 is 17.5 Å². The first kappa shape index (κ1) is 20.2. The molecule has 1 N–H and O–H groups in total. The largest absolute Gasteiger partial charge is 0.368 e. The number of hydrogen-bond acceptors (Lipinski definition) is 5. The average Bonchev–Trinajstić information content (AvgIpc) is 3.52. The maximum Gasteiger partial charge on any atom is 0.254 e. The molecule has 2 atom stereocenters. The van der Waals surface area contributed by atoms with Crippen LogP contribution in [0.25, 0.3) is 0 Å². The van der Waals surface area contributed by atoms with Gasteiger partial charge in [0.25, 0.3) is 11.8 Å². The Morgan fingerprint density at radius 1 is 1.03 bits per heavy atom. The predicted octanol–water partition coefficient (Wildman–Crippen LogP) is 3.10. The van der Waals surface area contributed by atoms with Crippen LogP contribution in [0, 0.1) is 0 Å². The molecular formula is C23H29N5O3. The Labute approximate surface area is 182 Å². The fourth-order valence-corrected chi connectivity index (χ4v) is 4.94. The van der Waals surface area contributed by atoms with E-state index in [1.807, 2.05) is 23.1 Å². The number of benzene rings is 1. The predicted molar refractivity (Wildman–Crippen MR) is 115 cm³/mol. The molecule has 8 nitrogen and oxygen atoms in total. The maximum absolute atomic E-state index is 13.4. The summed E-state index contributed by atoms with van der Waals surface area (Å²) in [4.78, 5) is 27.7. The Kier molecular flexibility index (Phi) is 5.72. The molecule has 2 saturated heterocycles. The third-order valence-corrected chi connectivity index (χ3v) is 6.55. The number of nitrogens with one attached hydrogen (secondary N) is 1. The van der Waals surface area contributed by atoms with Gasteiger partial charge in [0, 0.05) is 37.4 Å². The number of nitrogens with zero attached hydrogens (tertiary/aromatic N) is 4. The molecule has 164 valence electrons. The maximum atomic E-state index is 13.4. The van der Waals surface area contributed by atoms with Gasteiger partial charge in [0.1, 0.15) is 11.9 Å². The van der Waals surface area contributed by atoms with Gasteiger partial charge in [0.05, 0.1) is 6.04 Å². The van der Waals surface area contributed by atoms with Crippen LogP contribution in [0.1, 0.15) is 73.0 Å². The Balaban J connectivity index is 1.34. The highest BCUT2D eigenvalue weighted by Gasteiger charge is 2.35. The number of fused-ring (bicyclic) bond motifs is 1. The Morgan fingerprint density at radius 2 is 1.97 bits per heavy atom. The smallest absolute Gasteiger partial charge is 0.254 e. The highest BCUT2D eigenvalue weighted by Crippen LogP contribution is 2.33. The number of aromatic nitrogens is 3. The molecule has 31 heavy (non-hydrogen) atoms. The van der Waals surface area contributed by atoms with Gasteiger partial charge in [-0.2, -0.15) is 0 Å². The summed E-state index contributed by atoms with van der Waals surface area (Å²) in [5, 5.41) is 11.8. The molecule has 0 saturated carbocycles. The van der Waals surface area contributed by atoms with Gasteiger partial charge in [-0.25, -0.2) is 0 Å². The van der Waals surface area contributed by atoms with E-state index in [9.17, 15) is 9.59 Å². The molecule has 3 aliphatic rings. The molecular weight excluding hydrogens is 394 g/mol. The molecule has 1 aromatic carbocycles. The Morgan fingerprint density at radius 3 is 2.84 bits per heavy atom. The van der Waals surface area contributed by atoms with Crippen LogP contribution >= 0.6 is 0 Å². The zero-order valence-corrected chi connectivity index (χ0v) is 17.8. The number of carbonyl (C=O) groups is 2. The van der Waals surface area contributed by atoms with Crippen LogP contribution in [0.15, 0.2) is 24.3 Å². The number of likely N-dealkylation sites (tertiary alicyclic amines) is 1. The first-order chi connectivity index (χ1) is 15.2. The summed E-state index contributed by atoms with van der Waals surface area (Å²) < 4.78 is 7.69. The van der Waals surface area contributed by atoms with Gasteiger partial charge < -0.3 is 19.5 Å². The van der Waals surface area contributed by atoms with Crippen LogP contribution in [0.3, 0.4) is 0 Å². The molecule has 0 aliphatic carbocycles. The molecule has 0 spiro atoms. The summed E-state index contributed by atoms with van der Waals surface area (Å²) in [6.45, 7) is 2.26. The van der Waals surface area contributed by atoms with E-state index in [0.29, 0.717) is 24.4 Å². The lowest BCUT2D eigenvalue weighted by atomic mass is 10.1. The van der Waals surface area contributed by atoms with Gasteiger partial charge in [-0.1, -0.05) is 12.5 Å². The minimum Gasteiger partial charge on any atom is -0.368 e. The third-order valence-electron chi connectivity index (χ3n) is 6.55. The minimum absolute atomic E-state index is 0.0262. The fourth-order valence-electron chi connectivity index (χ4n) is 4.94. The SMILES string of the molecule is O=C(Nc1cccc(C(=O)N2CCCC2c2nnc3n2CCCCC3)c1)C1CCCO1. The second-order valence-electron chi connectivity index (χ2n) is 8.67. The zero-order chi connectivity index (χ0) is 21.2. The molecule has 0 bridgehead atoms. The van der Waals surface area contributed by atoms with Crippen molar-refractivity contribution in [3.05, 3.63) is 41.5 Å². The van der Waals surface area contributed by atoms with E-state index in [-0.39, 0.29) is 17.9 Å². The van der Waals surface area contributed by atoms with Crippen LogP contribution < -0.4 is 5.32 Å². The quantitative estimate of drug-likeness (QED) is 0.816. The molecule has 2 unspecified atom stereocenters. The van der Waals surface area contributed by atoms with Gasteiger partial charge in [0.2, 0.25) is 0 Å². The molecule has 3 aliphatic heterocycles. The number of ether oxygens (including phenoxy) is 1. The van der Waals surface area contributed by atoms with Crippen LogP contribution in [-0.4, -0.2) is 50.7 Å². The van der Waals surface area contributed by atoms with Crippen molar-refractivity contribution in [3.8, 4) is 0 Å². The van der Waals surface area contributed by atoms with Crippen molar-refractivity contribution in [1.82, 2.24) is 19.7 Å². The summed E-state index contributed by atoms with van der Waals surface area (Å²) in [5.41, 5.74) is 1.20. The number of rotatable bonds is 4. The van der Waals surface area contributed by atoms with Crippen molar-refractivity contribution in [1.29, 1.82) is 0 Å². The zero-order valence-electron chi connectivity index (χ0n) is 17.8. The van der Waals surface area contributed by atoms with Gasteiger partial charge in [-0.3, -0.25) is 9.59 Å². The molecule has 1 aromatic heterocycles. The van der Waals surface area contributed by atoms with Gasteiger partial charge in [-0.15, -0.1) is 10.2 Å². The summed E-state index contributed by atoms with van der Waals surface area (Å²) >= 11 is 0. The number of hydrogen-bond donors (Lipinski definition) is 1. The number of anilines is 1. The molecule has 8 heteroatoms. The summed E-state index contributed by atoms with van der Waals surface area (Å²) in [7, 11) is 0.